The lowest BCUT2D eigenvalue weighted by Gasteiger charge is -2.17. The molecular formula is C23H26ClN3O2. The zero-order valence-electron chi connectivity index (χ0n) is 17.1. The highest BCUT2D eigenvalue weighted by Crippen LogP contribution is 2.27. The van der Waals surface area contributed by atoms with Gasteiger partial charge in [-0.15, -0.1) is 0 Å². The van der Waals surface area contributed by atoms with E-state index in [0.29, 0.717) is 17.9 Å². The Morgan fingerprint density at radius 1 is 1.07 bits per heavy atom. The Bertz CT molecular complexity index is 945. The number of aryl methyl sites for hydroxylation is 1. The van der Waals surface area contributed by atoms with Crippen molar-refractivity contribution >= 4 is 17.5 Å². The molecule has 0 saturated carbocycles. The number of benzene rings is 2. The number of aromatic nitrogens is 2. The maximum absolute atomic E-state index is 12.4. The highest BCUT2D eigenvalue weighted by molar-refractivity contribution is 6.30. The van der Waals surface area contributed by atoms with Gasteiger partial charge < -0.3 is 9.64 Å². The van der Waals surface area contributed by atoms with Crippen molar-refractivity contribution in [1.82, 2.24) is 14.7 Å². The van der Waals surface area contributed by atoms with E-state index in [-0.39, 0.29) is 5.91 Å². The molecular weight excluding hydrogens is 386 g/mol. The number of ether oxygens (including phenoxy) is 1. The molecule has 5 nitrogen and oxygen atoms in total. The van der Waals surface area contributed by atoms with Gasteiger partial charge in [0.25, 0.3) is 0 Å². The van der Waals surface area contributed by atoms with Crippen molar-refractivity contribution in [1.29, 1.82) is 0 Å². The predicted octanol–water partition coefficient (Wildman–Crippen LogP) is 5.00. The Morgan fingerprint density at radius 3 is 2.31 bits per heavy atom. The normalized spacial score (nSPS) is 10.8. The Kier molecular flexibility index (Phi) is 6.94. The van der Waals surface area contributed by atoms with Crippen LogP contribution >= 0.6 is 11.6 Å². The second-order valence-electron chi connectivity index (χ2n) is 6.70. The number of rotatable bonds is 8. The fourth-order valence-corrected chi connectivity index (χ4v) is 3.39. The summed E-state index contributed by atoms with van der Waals surface area (Å²) in [6.45, 7) is 5.45. The first-order chi connectivity index (χ1) is 14.0. The quantitative estimate of drug-likeness (QED) is 0.524. The molecule has 1 amide bonds. The third-order valence-electron chi connectivity index (χ3n) is 4.93. The zero-order valence-corrected chi connectivity index (χ0v) is 17.8. The third-order valence-corrected chi connectivity index (χ3v) is 5.18. The van der Waals surface area contributed by atoms with Crippen LogP contribution in [-0.4, -0.2) is 40.8 Å². The fraction of sp³-hybridized carbons (Fsp3) is 0.304. The molecule has 152 valence electrons. The number of amides is 1. The molecule has 3 rings (SSSR count). The summed E-state index contributed by atoms with van der Waals surface area (Å²) in [5.41, 5.74) is 3.78. The van der Waals surface area contributed by atoms with Crippen LogP contribution in [0.5, 0.6) is 5.75 Å². The van der Waals surface area contributed by atoms with Crippen molar-refractivity contribution in [3.63, 3.8) is 0 Å². The van der Waals surface area contributed by atoms with E-state index < -0.39 is 0 Å². The first kappa shape index (κ1) is 20.9. The van der Waals surface area contributed by atoms with E-state index in [1.165, 1.54) is 0 Å². The summed E-state index contributed by atoms with van der Waals surface area (Å²) in [5, 5.41) is 5.48. The van der Waals surface area contributed by atoms with Crippen LogP contribution in [0.15, 0.2) is 54.6 Å². The number of methoxy groups -OCH3 is 1. The topological polar surface area (TPSA) is 47.4 Å². The maximum atomic E-state index is 12.4. The van der Waals surface area contributed by atoms with Crippen molar-refractivity contribution < 1.29 is 9.53 Å². The van der Waals surface area contributed by atoms with Crippen molar-refractivity contribution in [2.75, 3.05) is 20.2 Å². The summed E-state index contributed by atoms with van der Waals surface area (Å²) < 4.78 is 7.16. The van der Waals surface area contributed by atoms with Crippen molar-refractivity contribution in [3.05, 3.63) is 65.3 Å². The van der Waals surface area contributed by atoms with Crippen LogP contribution in [0.3, 0.4) is 0 Å². The van der Waals surface area contributed by atoms with E-state index in [1.807, 2.05) is 78.0 Å². The minimum absolute atomic E-state index is 0.155. The molecule has 0 spiro atoms. The van der Waals surface area contributed by atoms with Crippen LogP contribution in [0.1, 0.15) is 26.0 Å². The van der Waals surface area contributed by atoms with Crippen LogP contribution in [0.4, 0.5) is 0 Å². The average molecular weight is 412 g/mol. The molecule has 0 radical (unpaired) electrons. The van der Waals surface area contributed by atoms with E-state index >= 15 is 0 Å². The highest BCUT2D eigenvalue weighted by atomic mass is 35.5. The van der Waals surface area contributed by atoms with E-state index in [2.05, 4.69) is 0 Å². The molecule has 0 aliphatic carbocycles. The minimum atomic E-state index is 0.155. The SMILES string of the molecule is CCN(CC)C(=O)CCc1cc(-c2ccc(Cl)cc2)n(-c2ccc(OC)cc2)n1. The summed E-state index contributed by atoms with van der Waals surface area (Å²) in [6, 6.07) is 17.5. The average Bonchev–Trinajstić information content (AvgIpc) is 3.18. The molecule has 0 aliphatic rings. The Morgan fingerprint density at radius 2 is 1.72 bits per heavy atom. The number of hydrogen-bond acceptors (Lipinski definition) is 3. The standard InChI is InChI=1S/C23H26ClN3O2/c1-4-26(5-2)23(28)15-10-19-16-22(17-6-8-18(24)9-7-17)27(25-19)20-11-13-21(29-3)14-12-20/h6-9,11-14,16H,4-5,10,15H2,1-3H3. The van der Waals surface area contributed by atoms with E-state index in [4.69, 9.17) is 21.4 Å². The molecule has 0 unspecified atom stereocenters. The van der Waals surface area contributed by atoms with Gasteiger partial charge in [0, 0.05) is 36.5 Å². The van der Waals surface area contributed by atoms with Crippen LogP contribution in [-0.2, 0) is 11.2 Å². The lowest BCUT2D eigenvalue weighted by molar-refractivity contribution is -0.130. The molecule has 29 heavy (non-hydrogen) atoms. The largest absolute Gasteiger partial charge is 0.497 e. The number of hydrogen-bond donors (Lipinski definition) is 0. The highest BCUT2D eigenvalue weighted by Gasteiger charge is 2.15. The monoisotopic (exact) mass is 411 g/mol. The Labute approximate surface area is 176 Å². The summed E-state index contributed by atoms with van der Waals surface area (Å²) in [4.78, 5) is 14.2. The van der Waals surface area contributed by atoms with Crippen LogP contribution in [0.25, 0.3) is 16.9 Å². The maximum Gasteiger partial charge on any atom is 0.222 e. The van der Waals surface area contributed by atoms with Crippen molar-refractivity contribution in [2.24, 2.45) is 0 Å². The smallest absolute Gasteiger partial charge is 0.222 e. The van der Waals surface area contributed by atoms with Gasteiger partial charge in [0.1, 0.15) is 5.75 Å². The summed E-state index contributed by atoms with van der Waals surface area (Å²) in [5.74, 6) is 0.945. The second-order valence-corrected chi connectivity index (χ2v) is 7.14. The first-order valence-electron chi connectivity index (χ1n) is 9.82. The fourth-order valence-electron chi connectivity index (χ4n) is 3.27. The Hall–Kier alpha value is -2.79. The minimum Gasteiger partial charge on any atom is -0.497 e. The number of carbonyl (C=O) groups is 1. The van der Waals surface area contributed by atoms with Crippen LogP contribution < -0.4 is 4.74 Å². The van der Waals surface area contributed by atoms with Crippen molar-refractivity contribution in [2.45, 2.75) is 26.7 Å². The van der Waals surface area contributed by atoms with Crippen LogP contribution in [0.2, 0.25) is 5.02 Å². The van der Waals surface area contributed by atoms with Gasteiger partial charge >= 0.3 is 0 Å². The zero-order chi connectivity index (χ0) is 20.8. The molecule has 0 bridgehead atoms. The second kappa shape index (κ2) is 9.61. The van der Waals surface area contributed by atoms with Gasteiger partial charge in [-0.25, -0.2) is 4.68 Å². The molecule has 3 aromatic rings. The molecule has 0 saturated heterocycles. The van der Waals surface area contributed by atoms with E-state index in [1.54, 1.807) is 7.11 Å². The van der Waals surface area contributed by atoms with Gasteiger partial charge in [0.05, 0.1) is 24.2 Å². The number of halogens is 1. The molecule has 1 heterocycles. The third kappa shape index (κ3) is 4.98. The molecule has 1 aromatic heterocycles. The lowest BCUT2D eigenvalue weighted by atomic mass is 10.1. The summed E-state index contributed by atoms with van der Waals surface area (Å²) >= 11 is 6.06. The van der Waals surface area contributed by atoms with Gasteiger partial charge in [-0.1, -0.05) is 23.7 Å². The van der Waals surface area contributed by atoms with E-state index in [9.17, 15) is 4.79 Å². The van der Waals surface area contributed by atoms with Gasteiger partial charge in [0.2, 0.25) is 5.91 Å². The van der Waals surface area contributed by atoms with E-state index in [0.717, 1.165) is 41.5 Å². The molecule has 0 N–H and O–H groups in total. The van der Waals surface area contributed by atoms with Gasteiger partial charge in [-0.05, 0) is 56.3 Å². The molecule has 2 aromatic carbocycles. The summed E-state index contributed by atoms with van der Waals surface area (Å²) in [6.07, 6.45) is 1.04. The first-order valence-corrected chi connectivity index (χ1v) is 10.2. The molecule has 0 aliphatic heterocycles. The van der Waals surface area contributed by atoms with Gasteiger partial charge in [0.15, 0.2) is 0 Å². The molecule has 0 atom stereocenters. The predicted molar refractivity (Wildman–Crippen MR) is 117 cm³/mol. The molecule has 6 heteroatoms. The Balaban J connectivity index is 1.92. The summed E-state index contributed by atoms with van der Waals surface area (Å²) in [7, 11) is 1.65. The van der Waals surface area contributed by atoms with Gasteiger partial charge in [-0.3, -0.25) is 4.79 Å². The molecule has 0 fully saturated rings. The number of carbonyl (C=O) groups excluding carboxylic acids is 1. The number of nitrogens with zero attached hydrogens (tertiary/aromatic N) is 3. The van der Waals surface area contributed by atoms with Crippen molar-refractivity contribution in [3.8, 4) is 22.7 Å². The van der Waals surface area contributed by atoms with Crippen LogP contribution in [0, 0.1) is 0 Å². The lowest BCUT2D eigenvalue weighted by Crippen LogP contribution is -2.30. The van der Waals surface area contributed by atoms with Gasteiger partial charge in [-0.2, -0.15) is 5.10 Å².